The minimum atomic E-state index is -4.42. The van der Waals surface area contributed by atoms with E-state index in [2.05, 4.69) is 10.6 Å². The highest BCUT2D eigenvalue weighted by atomic mass is 32.2. The number of thiazole rings is 2. The lowest BCUT2D eigenvalue weighted by atomic mass is 10.0. The van der Waals surface area contributed by atoms with Crippen molar-refractivity contribution in [1.82, 2.24) is 20.6 Å². The van der Waals surface area contributed by atoms with Crippen molar-refractivity contribution in [1.29, 1.82) is 0 Å². The van der Waals surface area contributed by atoms with Crippen molar-refractivity contribution in [3.8, 4) is 20.6 Å². The van der Waals surface area contributed by atoms with Crippen molar-refractivity contribution in [2.75, 3.05) is 11.8 Å². The molecule has 0 saturated carbocycles. The maximum Gasteiger partial charge on any atom is 0.407 e. The lowest BCUT2D eigenvalue weighted by Crippen LogP contribution is -2.49. The second-order valence-corrected chi connectivity index (χ2v) is 13.3. The molecule has 0 aliphatic carbocycles. The van der Waals surface area contributed by atoms with Crippen molar-refractivity contribution < 1.29 is 27.3 Å². The van der Waals surface area contributed by atoms with Gasteiger partial charge in [-0.1, -0.05) is 48.5 Å². The fourth-order valence-corrected chi connectivity index (χ4v) is 7.27. The van der Waals surface area contributed by atoms with E-state index in [-0.39, 0.29) is 12.1 Å². The van der Waals surface area contributed by atoms with Gasteiger partial charge in [-0.25, -0.2) is 14.8 Å². The minimum Gasteiger partial charge on any atom is -0.453 e. The molecule has 0 aliphatic rings. The van der Waals surface area contributed by atoms with Gasteiger partial charge >= 0.3 is 16.4 Å². The van der Waals surface area contributed by atoms with Crippen LogP contribution in [-0.2, 0) is 32.7 Å². The van der Waals surface area contributed by atoms with Gasteiger partial charge in [-0.3, -0.25) is 14.1 Å². The van der Waals surface area contributed by atoms with Gasteiger partial charge in [0.05, 0.1) is 29.4 Å². The summed E-state index contributed by atoms with van der Waals surface area (Å²) >= 11 is 4.54. The van der Waals surface area contributed by atoms with Crippen LogP contribution in [0.5, 0.6) is 0 Å². The smallest absolute Gasteiger partial charge is 0.407 e. The summed E-state index contributed by atoms with van der Waals surface area (Å²) in [7, 11) is -3.19. The SMILES string of the molecule is COC(=O)N[C@@H](Cc1ccccc1)C(=O)N[C@@H](Cc1ccc(NS(=O)(=O)O)cc1)c1csc(-c2csc(-c3cccs3)n2)n1. The van der Waals surface area contributed by atoms with E-state index in [0.29, 0.717) is 17.1 Å². The molecule has 11 nitrogen and oxygen atoms in total. The molecule has 0 aliphatic heterocycles. The van der Waals surface area contributed by atoms with Gasteiger partial charge in [-0.05, 0) is 41.1 Å². The van der Waals surface area contributed by atoms with E-state index in [9.17, 15) is 18.0 Å². The number of carbonyl (C=O) groups excluding carboxylic acids is 2. The van der Waals surface area contributed by atoms with E-state index in [0.717, 1.165) is 26.7 Å². The fourth-order valence-electron chi connectivity index (χ4n) is 4.30. The average molecular weight is 670 g/mol. The summed E-state index contributed by atoms with van der Waals surface area (Å²) < 4.78 is 38.3. The molecule has 0 unspecified atom stereocenters. The largest absolute Gasteiger partial charge is 0.453 e. The van der Waals surface area contributed by atoms with Crippen LogP contribution in [-0.4, -0.2) is 48.1 Å². The highest BCUT2D eigenvalue weighted by molar-refractivity contribution is 7.87. The highest BCUT2D eigenvalue weighted by Gasteiger charge is 2.27. The zero-order valence-electron chi connectivity index (χ0n) is 23.2. The molecular weight excluding hydrogens is 643 g/mol. The van der Waals surface area contributed by atoms with E-state index in [1.165, 1.54) is 41.9 Å². The summed E-state index contributed by atoms with van der Waals surface area (Å²) in [5.74, 6) is -0.433. The number of hydrogen-bond donors (Lipinski definition) is 4. The molecular formula is C29H27N5O6S4. The van der Waals surface area contributed by atoms with E-state index in [1.807, 2.05) is 63.3 Å². The van der Waals surface area contributed by atoms with Gasteiger partial charge in [0, 0.05) is 17.2 Å². The van der Waals surface area contributed by atoms with Crippen LogP contribution >= 0.6 is 34.0 Å². The molecule has 3 heterocycles. The Hall–Kier alpha value is -4.15. The Kier molecular flexibility index (Phi) is 10.0. The van der Waals surface area contributed by atoms with E-state index >= 15 is 0 Å². The van der Waals surface area contributed by atoms with Crippen molar-refractivity contribution in [2.24, 2.45) is 0 Å². The number of benzene rings is 2. The third-order valence-electron chi connectivity index (χ3n) is 6.37. The Morgan fingerprint density at radius 1 is 0.864 bits per heavy atom. The van der Waals surface area contributed by atoms with E-state index < -0.39 is 34.4 Å². The average Bonchev–Trinajstić information content (AvgIpc) is 3.79. The molecule has 2 atom stereocenters. The maximum atomic E-state index is 13.7. The number of nitrogens with zero attached hydrogens (tertiary/aromatic N) is 2. The van der Waals surface area contributed by atoms with Crippen LogP contribution in [0.2, 0.25) is 0 Å². The number of carbonyl (C=O) groups is 2. The summed E-state index contributed by atoms with van der Waals surface area (Å²) in [6.07, 6.45) is -0.202. The van der Waals surface area contributed by atoms with Crippen LogP contribution in [0.3, 0.4) is 0 Å². The number of thiophene rings is 1. The van der Waals surface area contributed by atoms with Crippen LogP contribution in [0.25, 0.3) is 20.6 Å². The molecule has 0 saturated heterocycles. The third kappa shape index (κ3) is 8.48. The monoisotopic (exact) mass is 669 g/mol. The Labute approximate surface area is 265 Å². The molecule has 4 N–H and O–H groups in total. The Bertz CT molecular complexity index is 1810. The first-order valence-corrected chi connectivity index (χ1v) is 17.2. The summed E-state index contributed by atoms with van der Waals surface area (Å²) in [5, 5.41) is 13.1. The lowest BCUT2D eigenvalue weighted by molar-refractivity contribution is -0.123. The zero-order chi connectivity index (χ0) is 31.1. The minimum absolute atomic E-state index is 0.183. The molecule has 228 valence electrons. The van der Waals surface area contributed by atoms with Gasteiger partial charge in [0.2, 0.25) is 5.91 Å². The van der Waals surface area contributed by atoms with Crippen LogP contribution < -0.4 is 15.4 Å². The summed E-state index contributed by atoms with van der Waals surface area (Å²) in [4.78, 5) is 36.5. The van der Waals surface area contributed by atoms with Crippen molar-refractivity contribution >= 4 is 62.0 Å². The standard InChI is InChI=1S/C29H27N5O6S4/c1-40-29(36)33-22(15-18-6-3-2-4-7-18)26(35)30-21(14-19-9-11-20(12-10-19)34-44(37,38)39)23-16-42-27(31-23)24-17-43-28(32-24)25-8-5-13-41-25/h2-13,16-17,21-22,34H,14-15H2,1H3,(H,30,35)(H,33,36)(H,37,38,39)/t21-,22-/m0/s1. The zero-order valence-corrected chi connectivity index (χ0v) is 26.4. The van der Waals surface area contributed by atoms with Crippen molar-refractivity contribution in [2.45, 2.75) is 24.9 Å². The number of amides is 2. The van der Waals surface area contributed by atoms with Crippen molar-refractivity contribution in [3.63, 3.8) is 0 Å². The Balaban J connectivity index is 1.41. The number of hydrogen-bond acceptors (Lipinski definition) is 10. The van der Waals surface area contributed by atoms with E-state index in [1.54, 1.807) is 23.5 Å². The number of ether oxygens (including phenoxy) is 1. The topological polar surface area (TPSA) is 160 Å². The molecule has 2 aromatic carbocycles. The number of anilines is 1. The van der Waals surface area contributed by atoms with Gasteiger partial charge in [-0.15, -0.1) is 34.0 Å². The highest BCUT2D eigenvalue weighted by Crippen LogP contribution is 2.34. The molecule has 5 aromatic rings. The molecule has 0 radical (unpaired) electrons. The Morgan fingerprint density at radius 2 is 1.59 bits per heavy atom. The second-order valence-electron chi connectivity index (χ2n) is 9.51. The first-order chi connectivity index (χ1) is 21.2. The van der Waals surface area contributed by atoms with E-state index in [4.69, 9.17) is 19.3 Å². The summed E-state index contributed by atoms with van der Waals surface area (Å²) in [6.45, 7) is 0. The van der Waals surface area contributed by atoms with Crippen LogP contribution in [0, 0.1) is 0 Å². The second kappa shape index (κ2) is 14.1. The normalized spacial score (nSPS) is 12.7. The molecule has 44 heavy (non-hydrogen) atoms. The van der Waals surface area contributed by atoms with Gasteiger partial charge in [0.1, 0.15) is 21.8 Å². The number of methoxy groups -OCH3 is 1. The predicted molar refractivity (Wildman–Crippen MR) is 172 cm³/mol. The molecule has 5 rings (SSSR count). The Morgan fingerprint density at radius 3 is 2.27 bits per heavy atom. The van der Waals surface area contributed by atoms with Crippen LogP contribution in [0.15, 0.2) is 82.9 Å². The number of alkyl carbamates (subject to hydrolysis) is 1. The number of aromatic nitrogens is 2. The molecule has 0 fully saturated rings. The van der Waals surface area contributed by atoms with Gasteiger partial charge < -0.3 is 15.4 Å². The van der Waals surface area contributed by atoms with Crippen LogP contribution in [0.4, 0.5) is 10.5 Å². The quantitative estimate of drug-likeness (QED) is 0.125. The maximum absolute atomic E-state index is 13.7. The fraction of sp³-hybridized carbons (Fsp3) is 0.172. The molecule has 0 spiro atoms. The summed E-state index contributed by atoms with van der Waals surface area (Å²) in [6, 6.07) is 18.1. The first kappa shape index (κ1) is 31.3. The van der Waals surface area contributed by atoms with Gasteiger partial charge in [-0.2, -0.15) is 8.42 Å². The summed E-state index contributed by atoms with van der Waals surface area (Å²) in [5.41, 5.74) is 3.13. The van der Waals surface area contributed by atoms with Gasteiger partial charge in [0.25, 0.3) is 0 Å². The predicted octanol–water partition coefficient (Wildman–Crippen LogP) is 5.58. The van der Waals surface area contributed by atoms with Crippen molar-refractivity contribution in [3.05, 3.63) is 99.7 Å². The molecule has 15 heteroatoms. The van der Waals surface area contributed by atoms with Gasteiger partial charge in [0.15, 0.2) is 0 Å². The molecule has 0 bridgehead atoms. The van der Waals surface area contributed by atoms with Crippen LogP contribution in [0.1, 0.15) is 22.9 Å². The number of rotatable bonds is 12. The first-order valence-electron chi connectivity index (χ1n) is 13.1. The lowest BCUT2D eigenvalue weighted by Gasteiger charge is -2.23. The number of nitrogens with one attached hydrogen (secondary N) is 3. The molecule has 3 aromatic heterocycles. The molecule has 2 amide bonds. The third-order valence-corrected chi connectivity index (χ3v) is 9.63.